The van der Waals surface area contributed by atoms with Crippen molar-refractivity contribution in [1.82, 2.24) is 28.8 Å². The molecule has 252 valence electrons. The first-order chi connectivity index (χ1) is 22.3. The molecular formula is C31H40ClN7O6SSi. The molecule has 0 spiro atoms. The minimum Gasteiger partial charge on any atom is -0.456 e. The van der Waals surface area contributed by atoms with E-state index in [0.717, 1.165) is 17.2 Å². The number of rotatable bonds is 11. The Labute approximate surface area is 280 Å². The van der Waals surface area contributed by atoms with Crippen LogP contribution in [-0.4, -0.2) is 111 Å². The molecule has 0 radical (unpaired) electrons. The van der Waals surface area contributed by atoms with Gasteiger partial charge in [-0.15, -0.1) is 0 Å². The summed E-state index contributed by atoms with van der Waals surface area (Å²) in [5, 5.41) is 10.6. The first-order valence-electron chi connectivity index (χ1n) is 15.3. The lowest BCUT2D eigenvalue weighted by atomic mass is 10.1. The van der Waals surface area contributed by atoms with Crippen LogP contribution in [0.4, 0.5) is 5.69 Å². The lowest BCUT2D eigenvalue weighted by Crippen LogP contribution is -2.35. The molecule has 13 nitrogen and oxygen atoms in total. The second-order valence-electron chi connectivity index (χ2n) is 13.2. The molecule has 0 saturated carbocycles. The molecule has 0 aliphatic carbocycles. The van der Waals surface area contributed by atoms with Crippen molar-refractivity contribution >= 4 is 46.4 Å². The number of pyridine rings is 1. The van der Waals surface area contributed by atoms with Gasteiger partial charge in [0, 0.05) is 46.2 Å². The fourth-order valence-corrected chi connectivity index (χ4v) is 6.86. The van der Waals surface area contributed by atoms with E-state index in [-0.39, 0.29) is 19.9 Å². The molecule has 4 aromatic rings. The maximum absolute atomic E-state index is 12.6. The van der Waals surface area contributed by atoms with E-state index < -0.39 is 42.4 Å². The number of hydrogen-bond acceptors (Lipinski definition) is 11. The van der Waals surface area contributed by atoms with Gasteiger partial charge in [0.05, 0.1) is 36.3 Å². The molecule has 3 aromatic heterocycles. The number of halogens is 1. The van der Waals surface area contributed by atoms with Gasteiger partial charge < -0.3 is 24.1 Å². The number of hydrogen-bond donors (Lipinski definition) is 1. The summed E-state index contributed by atoms with van der Waals surface area (Å²) < 4.78 is 44.2. The molecule has 47 heavy (non-hydrogen) atoms. The predicted molar refractivity (Wildman–Crippen MR) is 183 cm³/mol. The number of ether oxygens (including phenoxy) is 4. The molecule has 2 aliphatic heterocycles. The summed E-state index contributed by atoms with van der Waals surface area (Å²) in [6.07, 6.45) is 2.73. The van der Waals surface area contributed by atoms with Crippen LogP contribution in [0.5, 0.6) is 6.01 Å². The van der Waals surface area contributed by atoms with Crippen molar-refractivity contribution < 1.29 is 28.3 Å². The zero-order valence-corrected chi connectivity index (χ0v) is 29.9. The van der Waals surface area contributed by atoms with E-state index in [1.807, 2.05) is 24.3 Å². The Morgan fingerprint density at radius 3 is 2.45 bits per heavy atom. The van der Waals surface area contributed by atoms with E-state index in [0.29, 0.717) is 46.0 Å². The fraction of sp³-hybridized carbons (Fsp3) is 0.484. The predicted octanol–water partition coefficient (Wildman–Crippen LogP) is 4.63. The average Bonchev–Trinajstić information content (AvgIpc) is 3.69. The Morgan fingerprint density at radius 2 is 1.77 bits per heavy atom. The molecular weight excluding hydrogens is 662 g/mol. The monoisotopic (exact) mass is 701 g/mol. The highest BCUT2D eigenvalue weighted by Gasteiger charge is 2.49. The van der Waals surface area contributed by atoms with E-state index in [2.05, 4.69) is 34.0 Å². The van der Waals surface area contributed by atoms with E-state index in [1.54, 1.807) is 47.7 Å². The van der Waals surface area contributed by atoms with Gasteiger partial charge in [-0.2, -0.15) is 9.35 Å². The Morgan fingerprint density at radius 1 is 1.09 bits per heavy atom. The third-order valence-electron chi connectivity index (χ3n) is 8.10. The van der Waals surface area contributed by atoms with Crippen molar-refractivity contribution in [3.63, 3.8) is 0 Å². The summed E-state index contributed by atoms with van der Waals surface area (Å²) in [7, 11) is -0.421. The standard InChI is InChI=1S/C31H40ClN7O6SSi/c1-38(2)46(3,41)37-21-14-33-29(34-15-21)20-9-7-19(8-10-20)26-22(32)13-23-30(36-26)39(18-42-11-12-47(4,5)6)31(35-23)45-25-17-44-27-24(40)16-43-28(25)27/h7-10,13-15,24-25,27-28,40H,11-12,16-18H2,1-6H3/t24-,25-,27-,28-,46?/m1/s1. The molecule has 1 N–H and O–H groups in total. The zero-order valence-electron chi connectivity index (χ0n) is 27.3. The van der Waals surface area contributed by atoms with E-state index in [4.69, 9.17) is 40.5 Å². The molecule has 16 heteroatoms. The molecule has 0 amide bonds. The summed E-state index contributed by atoms with van der Waals surface area (Å²) >= 11 is 6.78. The number of benzene rings is 1. The molecule has 2 fully saturated rings. The van der Waals surface area contributed by atoms with Gasteiger partial charge in [0.15, 0.2) is 17.6 Å². The van der Waals surface area contributed by atoms with Crippen LogP contribution in [0.2, 0.25) is 30.7 Å². The van der Waals surface area contributed by atoms with Crippen molar-refractivity contribution in [2.45, 2.75) is 56.8 Å². The van der Waals surface area contributed by atoms with Crippen LogP contribution in [0.15, 0.2) is 47.1 Å². The highest BCUT2D eigenvalue weighted by molar-refractivity contribution is 7.90. The number of nitrogens with zero attached hydrogens (tertiary/aromatic N) is 7. The topological polar surface area (TPSA) is 146 Å². The van der Waals surface area contributed by atoms with Crippen LogP contribution in [0.25, 0.3) is 33.8 Å². The number of aromatic nitrogens is 5. The summed E-state index contributed by atoms with van der Waals surface area (Å²) in [5.41, 5.74) is 3.71. The largest absolute Gasteiger partial charge is 0.456 e. The summed E-state index contributed by atoms with van der Waals surface area (Å²) in [5.74, 6) is 0.504. The maximum Gasteiger partial charge on any atom is 0.301 e. The number of aliphatic hydroxyl groups is 1. The molecule has 5 heterocycles. The molecule has 6 rings (SSSR count). The average molecular weight is 702 g/mol. The van der Waals surface area contributed by atoms with Crippen LogP contribution in [0, 0.1) is 0 Å². The molecule has 1 aromatic carbocycles. The zero-order chi connectivity index (χ0) is 33.5. The van der Waals surface area contributed by atoms with Crippen molar-refractivity contribution in [2.75, 3.05) is 40.2 Å². The van der Waals surface area contributed by atoms with Gasteiger partial charge in [-0.1, -0.05) is 55.5 Å². The first kappa shape index (κ1) is 33.9. The smallest absolute Gasteiger partial charge is 0.301 e. The molecule has 2 aliphatic rings. The Kier molecular flexibility index (Phi) is 9.71. The van der Waals surface area contributed by atoms with Crippen LogP contribution >= 0.6 is 11.6 Å². The van der Waals surface area contributed by atoms with Crippen LogP contribution in [0.1, 0.15) is 0 Å². The Balaban J connectivity index is 1.28. The normalized spacial score (nSPS) is 22.5. The van der Waals surface area contributed by atoms with Crippen LogP contribution in [-0.2, 0) is 30.9 Å². The molecule has 1 unspecified atom stereocenters. The van der Waals surface area contributed by atoms with Gasteiger partial charge in [-0.25, -0.2) is 23.5 Å². The highest BCUT2D eigenvalue weighted by Crippen LogP contribution is 2.34. The van der Waals surface area contributed by atoms with Crippen molar-refractivity contribution in [3.05, 3.63) is 47.7 Å². The van der Waals surface area contributed by atoms with Crippen molar-refractivity contribution in [1.29, 1.82) is 0 Å². The maximum atomic E-state index is 12.6. The second-order valence-corrected chi connectivity index (χ2v) is 21.6. The van der Waals surface area contributed by atoms with E-state index in [1.165, 1.54) is 0 Å². The number of fused-ring (bicyclic) bond motifs is 2. The Bertz CT molecular complexity index is 1860. The van der Waals surface area contributed by atoms with Crippen molar-refractivity contribution in [3.8, 4) is 28.7 Å². The summed E-state index contributed by atoms with van der Waals surface area (Å²) in [4.78, 5) is 18.5. The van der Waals surface area contributed by atoms with Gasteiger partial charge >= 0.3 is 6.01 Å². The minimum absolute atomic E-state index is 0.190. The number of imidazole rings is 1. The third kappa shape index (κ3) is 7.52. The highest BCUT2D eigenvalue weighted by atomic mass is 35.5. The van der Waals surface area contributed by atoms with Crippen molar-refractivity contribution in [2.24, 2.45) is 4.36 Å². The summed E-state index contributed by atoms with van der Waals surface area (Å²) in [6.45, 7) is 8.18. The lowest BCUT2D eigenvalue weighted by Gasteiger charge is -2.19. The van der Waals surface area contributed by atoms with Gasteiger partial charge in [0.2, 0.25) is 0 Å². The fourth-order valence-electron chi connectivity index (χ4n) is 5.20. The second kappa shape index (κ2) is 13.5. The quantitative estimate of drug-likeness (QED) is 0.173. The minimum atomic E-state index is -2.54. The van der Waals surface area contributed by atoms with E-state index in [9.17, 15) is 9.32 Å². The SMILES string of the molecule is CN(C)S(C)(=O)=Nc1cnc(-c2ccc(-c3nc4c(cc3Cl)nc(O[C@@H]3CO[C@H]5[C@@H]3OC[C@H]5O)n4COCC[Si](C)(C)C)cc2)nc1. The summed E-state index contributed by atoms with van der Waals surface area (Å²) in [6, 6.07) is 10.7. The van der Waals surface area contributed by atoms with Gasteiger partial charge in [0.25, 0.3) is 0 Å². The lowest BCUT2D eigenvalue weighted by molar-refractivity contribution is 0.00336. The first-order valence-corrected chi connectivity index (χ1v) is 21.3. The van der Waals surface area contributed by atoms with Crippen LogP contribution < -0.4 is 4.74 Å². The third-order valence-corrected chi connectivity index (χ3v) is 12.0. The van der Waals surface area contributed by atoms with E-state index >= 15 is 0 Å². The number of aliphatic hydroxyl groups excluding tert-OH is 1. The van der Waals surface area contributed by atoms with Gasteiger partial charge in [0.1, 0.15) is 46.2 Å². The van der Waals surface area contributed by atoms with Gasteiger partial charge in [-0.05, 0) is 12.1 Å². The van der Waals surface area contributed by atoms with Gasteiger partial charge in [-0.3, -0.25) is 4.57 Å². The van der Waals surface area contributed by atoms with Crippen LogP contribution in [0.3, 0.4) is 0 Å². The molecule has 5 atom stereocenters. The molecule has 0 bridgehead atoms. The Hall–Kier alpha value is -3.02. The molecule has 2 saturated heterocycles.